The first-order chi connectivity index (χ1) is 10.7. The van der Waals surface area contributed by atoms with Crippen molar-refractivity contribution < 1.29 is 19.4 Å². The zero-order valence-corrected chi connectivity index (χ0v) is 13.7. The van der Waals surface area contributed by atoms with Gasteiger partial charge in [0.1, 0.15) is 11.6 Å². The summed E-state index contributed by atoms with van der Waals surface area (Å²) in [5, 5.41) is 11.0. The van der Waals surface area contributed by atoms with Crippen LogP contribution >= 0.6 is 0 Å². The van der Waals surface area contributed by atoms with Gasteiger partial charge in [-0.25, -0.2) is 9.59 Å². The van der Waals surface area contributed by atoms with Crippen molar-refractivity contribution >= 4 is 17.7 Å². The molecule has 0 aliphatic carbocycles. The van der Waals surface area contributed by atoms with E-state index in [2.05, 4.69) is 5.32 Å². The second-order valence-corrected chi connectivity index (χ2v) is 5.61. The molecular formula is C16H25N3O4. The normalized spacial score (nSPS) is 12.0. The molecule has 23 heavy (non-hydrogen) atoms. The predicted molar refractivity (Wildman–Crippen MR) is 89.6 cm³/mol. The average Bonchev–Trinajstić information content (AvgIpc) is 2.42. The van der Waals surface area contributed by atoms with Gasteiger partial charge in [-0.15, -0.1) is 0 Å². The number of hydrogen-bond acceptors (Lipinski definition) is 5. The van der Waals surface area contributed by atoms with Crippen molar-refractivity contribution in [1.29, 1.82) is 0 Å². The maximum atomic E-state index is 11.3. The molecule has 0 spiro atoms. The lowest BCUT2D eigenvalue weighted by Gasteiger charge is -2.21. The molecule has 128 valence electrons. The second kappa shape index (κ2) is 10.1. The summed E-state index contributed by atoms with van der Waals surface area (Å²) in [4.78, 5) is 22.0. The Morgan fingerprint density at radius 2 is 1.87 bits per heavy atom. The van der Waals surface area contributed by atoms with E-state index in [1.54, 1.807) is 20.8 Å². The third kappa shape index (κ3) is 11.6. The van der Waals surface area contributed by atoms with Gasteiger partial charge in [-0.3, -0.25) is 0 Å². The number of alkyl carbamates (subject to hydrolysis) is 1. The molecule has 0 fully saturated rings. The Bertz CT molecular complexity index is 510. The van der Waals surface area contributed by atoms with Crippen molar-refractivity contribution in [3.63, 3.8) is 0 Å². The number of carboxylic acids is 1. The lowest BCUT2D eigenvalue weighted by molar-refractivity contribution is -0.139. The topological polar surface area (TPSA) is 128 Å². The molecule has 0 aromatic heterocycles. The molecule has 0 saturated heterocycles. The molecule has 0 radical (unpaired) electrons. The highest BCUT2D eigenvalue weighted by atomic mass is 16.6. The van der Waals surface area contributed by atoms with Crippen LogP contribution < -0.4 is 16.8 Å². The summed E-state index contributed by atoms with van der Waals surface area (Å²) in [6, 6.07) is 8.45. The monoisotopic (exact) mass is 323 g/mol. The van der Waals surface area contributed by atoms with Crippen LogP contribution in [0.3, 0.4) is 0 Å². The Hall–Kier alpha value is -2.70. The number of carbonyl (C=O) groups excluding carboxylic acids is 1. The minimum absolute atomic E-state index is 0.116. The Morgan fingerprint density at radius 1 is 1.30 bits per heavy atom. The highest BCUT2D eigenvalue weighted by Gasteiger charge is 2.22. The summed E-state index contributed by atoms with van der Waals surface area (Å²) in [6.45, 7) is 5.09. The van der Waals surface area contributed by atoms with Crippen molar-refractivity contribution in [2.45, 2.75) is 38.8 Å². The van der Waals surface area contributed by atoms with Crippen LogP contribution in [0.25, 0.3) is 0 Å². The zero-order valence-electron chi connectivity index (χ0n) is 13.7. The number of hydrogen-bond donors (Lipinski definition) is 4. The van der Waals surface area contributed by atoms with Gasteiger partial charge in [0, 0.05) is 5.69 Å². The SMILES string of the molecule is CC(C)(C)OC(=O)NC(C/C=C/N)C(=O)O.Nc1ccccc1. The molecule has 6 N–H and O–H groups in total. The summed E-state index contributed by atoms with van der Waals surface area (Å²) < 4.78 is 4.93. The van der Waals surface area contributed by atoms with E-state index in [-0.39, 0.29) is 6.42 Å². The lowest BCUT2D eigenvalue weighted by Crippen LogP contribution is -2.43. The van der Waals surface area contributed by atoms with E-state index >= 15 is 0 Å². The number of nitrogen functional groups attached to an aromatic ring is 1. The minimum atomic E-state index is -1.14. The molecule has 1 rings (SSSR count). The molecule has 1 amide bonds. The van der Waals surface area contributed by atoms with Gasteiger partial charge in [-0.2, -0.15) is 0 Å². The first-order valence-electron chi connectivity index (χ1n) is 7.05. The van der Waals surface area contributed by atoms with Gasteiger partial charge in [0.25, 0.3) is 0 Å². The van der Waals surface area contributed by atoms with E-state index < -0.39 is 23.7 Å². The summed E-state index contributed by atoms with van der Waals surface area (Å²) in [7, 11) is 0. The Kier molecular flexibility index (Phi) is 8.91. The van der Waals surface area contributed by atoms with Crippen LogP contribution in [-0.4, -0.2) is 28.8 Å². The quantitative estimate of drug-likeness (QED) is 0.628. The van der Waals surface area contributed by atoms with E-state index in [1.807, 2.05) is 30.3 Å². The number of amides is 1. The van der Waals surface area contributed by atoms with E-state index in [1.165, 1.54) is 12.3 Å². The van der Waals surface area contributed by atoms with E-state index in [0.717, 1.165) is 5.69 Å². The number of rotatable bonds is 4. The van der Waals surface area contributed by atoms with Gasteiger partial charge in [-0.05, 0) is 45.5 Å². The summed E-state index contributed by atoms with van der Waals surface area (Å²) >= 11 is 0. The molecule has 0 saturated carbocycles. The number of anilines is 1. The van der Waals surface area contributed by atoms with Crippen LogP contribution in [0.2, 0.25) is 0 Å². The number of para-hydroxylation sites is 1. The van der Waals surface area contributed by atoms with E-state index in [9.17, 15) is 9.59 Å². The van der Waals surface area contributed by atoms with Gasteiger partial charge in [0.15, 0.2) is 0 Å². The lowest BCUT2D eigenvalue weighted by atomic mass is 10.2. The maximum Gasteiger partial charge on any atom is 0.408 e. The first-order valence-corrected chi connectivity index (χ1v) is 7.05. The maximum absolute atomic E-state index is 11.3. The number of nitrogens with two attached hydrogens (primary N) is 2. The Morgan fingerprint density at radius 3 is 2.22 bits per heavy atom. The number of ether oxygens (including phenoxy) is 1. The average molecular weight is 323 g/mol. The van der Waals surface area contributed by atoms with Gasteiger partial charge in [0.2, 0.25) is 0 Å². The molecular weight excluding hydrogens is 298 g/mol. The molecule has 7 heteroatoms. The number of carbonyl (C=O) groups is 2. The third-order valence-corrected chi connectivity index (χ3v) is 2.30. The van der Waals surface area contributed by atoms with Crippen LogP contribution in [-0.2, 0) is 9.53 Å². The summed E-state index contributed by atoms with van der Waals surface area (Å²) in [5.74, 6) is -1.14. The van der Waals surface area contributed by atoms with Crippen LogP contribution in [0.15, 0.2) is 42.6 Å². The zero-order chi connectivity index (χ0) is 17.9. The molecule has 1 unspecified atom stereocenters. The highest BCUT2D eigenvalue weighted by molar-refractivity contribution is 5.80. The number of carboxylic acid groups (broad SMARTS) is 1. The van der Waals surface area contributed by atoms with Gasteiger partial charge in [-0.1, -0.05) is 24.3 Å². The molecule has 0 aliphatic heterocycles. The molecule has 0 bridgehead atoms. The van der Waals surface area contributed by atoms with Gasteiger partial charge in [0.05, 0.1) is 0 Å². The standard InChI is InChI=1S/C10H18N2O4.C6H7N/c1-10(2,3)16-9(15)12-7(8(13)14)5-4-6-11;7-6-4-2-1-3-5-6/h4,6-7H,5,11H2,1-3H3,(H,12,15)(H,13,14);1-5H,7H2/b6-4+;. The Balaban J connectivity index is 0.000000568. The van der Waals surface area contributed by atoms with E-state index in [4.69, 9.17) is 21.3 Å². The van der Waals surface area contributed by atoms with Crippen molar-refractivity contribution in [3.8, 4) is 0 Å². The molecule has 0 aliphatic rings. The predicted octanol–water partition coefficient (Wildman–Crippen LogP) is 2.10. The number of nitrogens with one attached hydrogen (secondary N) is 1. The molecule has 1 aromatic rings. The number of aliphatic carboxylic acids is 1. The van der Waals surface area contributed by atoms with Crippen molar-refractivity contribution in [2.75, 3.05) is 5.73 Å². The molecule has 7 nitrogen and oxygen atoms in total. The molecule has 0 heterocycles. The first kappa shape index (κ1) is 20.3. The number of benzene rings is 1. The van der Waals surface area contributed by atoms with Crippen LogP contribution in [0.4, 0.5) is 10.5 Å². The fraction of sp³-hybridized carbons (Fsp3) is 0.375. The summed E-state index contributed by atoms with van der Waals surface area (Å²) in [6.07, 6.45) is 2.04. The van der Waals surface area contributed by atoms with Gasteiger partial charge < -0.3 is 26.6 Å². The Labute approximate surface area is 136 Å². The van der Waals surface area contributed by atoms with E-state index in [0.29, 0.717) is 0 Å². The van der Waals surface area contributed by atoms with Crippen LogP contribution in [0, 0.1) is 0 Å². The van der Waals surface area contributed by atoms with Crippen molar-refractivity contribution in [2.24, 2.45) is 5.73 Å². The molecule has 1 aromatic carbocycles. The third-order valence-electron chi connectivity index (χ3n) is 2.30. The second-order valence-electron chi connectivity index (χ2n) is 5.61. The fourth-order valence-corrected chi connectivity index (χ4v) is 1.34. The smallest absolute Gasteiger partial charge is 0.408 e. The van der Waals surface area contributed by atoms with Crippen LogP contribution in [0.5, 0.6) is 0 Å². The summed E-state index contributed by atoms with van der Waals surface area (Å²) in [5.41, 5.74) is 10.6. The minimum Gasteiger partial charge on any atom is -0.480 e. The van der Waals surface area contributed by atoms with Gasteiger partial charge >= 0.3 is 12.1 Å². The molecule has 1 atom stereocenters. The highest BCUT2D eigenvalue weighted by Crippen LogP contribution is 2.07. The van der Waals surface area contributed by atoms with Crippen LogP contribution in [0.1, 0.15) is 27.2 Å². The fourth-order valence-electron chi connectivity index (χ4n) is 1.34. The van der Waals surface area contributed by atoms with Crippen molar-refractivity contribution in [1.82, 2.24) is 5.32 Å². The largest absolute Gasteiger partial charge is 0.480 e. The van der Waals surface area contributed by atoms with Crippen molar-refractivity contribution in [3.05, 3.63) is 42.6 Å².